The van der Waals surface area contributed by atoms with Crippen LogP contribution in [0, 0.1) is 24.2 Å². The van der Waals surface area contributed by atoms with Crippen LogP contribution < -0.4 is 5.32 Å². The SMILES string of the molecule is C#CCC(C)NC(=O)C(C)C(C)C(=O)O. The van der Waals surface area contributed by atoms with Crippen LogP contribution in [0.5, 0.6) is 0 Å². The molecule has 0 radical (unpaired) electrons. The minimum Gasteiger partial charge on any atom is -0.481 e. The van der Waals surface area contributed by atoms with E-state index in [4.69, 9.17) is 11.5 Å². The molecule has 0 aromatic heterocycles. The smallest absolute Gasteiger partial charge is 0.307 e. The van der Waals surface area contributed by atoms with Gasteiger partial charge in [-0.25, -0.2) is 0 Å². The second kappa shape index (κ2) is 6.07. The average Bonchev–Trinajstić information content (AvgIpc) is 2.15. The Kier molecular flexibility index (Phi) is 5.46. The predicted octanol–water partition coefficient (Wildman–Crippen LogP) is 0.871. The van der Waals surface area contributed by atoms with Gasteiger partial charge >= 0.3 is 5.97 Å². The third kappa shape index (κ3) is 4.50. The lowest BCUT2D eigenvalue weighted by Gasteiger charge is -2.18. The van der Waals surface area contributed by atoms with Gasteiger partial charge in [0.2, 0.25) is 5.91 Å². The number of aliphatic carboxylic acids is 1. The van der Waals surface area contributed by atoms with Crippen molar-refractivity contribution in [2.75, 3.05) is 0 Å². The molecule has 84 valence electrons. The summed E-state index contributed by atoms with van der Waals surface area (Å²) < 4.78 is 0. The Bertz CT molecular complexity index is 280. The summed E-state index contributed by atoms with van der Waals surface area (Å²) in [7, 11) is 0. The molecule has 4 heteroatoms. The highest BCUT2D eigenvalue weighted by atomic mass is 16.4. The van der Waals surface area contributed by atoms with Gasteiger partial charge in [0.05, 0.1) is 5.92 Å². The molecule has 0 aromatic rings. The third-order valence-corrected chi connectivity index (χ3v) is 2.37. The van der Waals surface area contributed by atoms with Gasteiger partial charge < -0.3 is 10.4 Å². The largest absolute Gasteiger partial charge is 0.481 e. The summed E-state index contributed by atoms with van der Waals surface area (Å²) >= 11 is 0. The highest BCUT2D eigenvalue weighted by Crippen LogP contribution is 2.11. The first-order valence-electron chi connectivity index (χ1n) is 4.86. The van der Waals surface area contributed by atoms with Gasteiger partial charge in [-0.3, -0.25) is 9.59 Å². The minimum absolute atomic E-state index is 0.119. The highest BCUT2D eigenvalue weighted by Gasteiger charge is 2.26. The number of carbonyl (C=O) groups excluding carboxylic acids is 1. The quantitative estimate of drug-likeness (QED) is 0.663. The van der Waals surface area contributed by atoms with Gasteiger partial charge in [0, 0.05) is 18.4 Å². The summed E-state index contributed by atoms with van der Waals surface area (Å²) in [4.78, 5) is 22.2. The lowest BCUT2D eigenvalue weighted by Crippen LogP contribution is -2.39. The number of terminal acetylenes is 1. The molecular formula is C11H17NO3. The summed E-state index contributed by atoms with van der Waals surface area (Å²) in [6.45, 7) is 4.89. The monoisotopic (exact) mass is 211 g/mol. The first-order valence-corrected chi connectivity index (χ1v) is 4.86. The average molecular weight is 211 g/mol. The molecule has 0 aliphatic carbocycles. The topological polar surface area (TPSA) is 66.4 Å². The van der Waals surface area contributed by atoms with Crippen molar-refractivity contribution in [3.05, 3.63) is 0 Å². The predicted molar refractivity (Wildman–Crippen MR) is 57.0 cm³/mol. The van der Waals surface area contributed by atoms with E-state index in [1.54, 1.807) is 13.8 Å². The summed E-state index contributed by atoms with van der Waals surface area (Å²) in [5.41, 5.74) is 0. The summed E-state index contributed by atoms with van der Waals surface area (Å²) in [5, 5.41) is 11.4. The molecule has 1 amide bonds. The van der Waals surface area contributed by atoms with Crippen molar-refractivity contribution in [2.45, 2.75) is 33.2 Å². The van der Waals surface area contributed by atoms with E-state index in [-0.39, 0.29) is 11.9 Å². The first kappa shape index (κ1) is 13.5. The van der Waals surface area contributed by atoms with Crippen LogP contribution in [0.3, 0.4) is 0 Å². The summed E-state index contributed by atoms with van der Waals surface area (Å²) in [5.74, 6) is -0.0528. The molecule has 0 saturated heterocycles. The van der Waals surface area contributed by atoms with Gasteiger partial charge in [0.15, 0.2) is 0 Å². The summed E-state index contributed by atoms with van der Waals surface area (Å²) in [6, 6.07) is -0.119. The second-order valence-electron chi connectivity index (χ2n) is 3.73. The van der Waals surface area contributed by atoms with Crippen LogP contribution in [0.4, 0.5) is 0 Å². The molecule has 0 aromatic carbocycles. The van der Waals surface area contributed by atoms with E-state index < -0.39 is 17.8 Å². The van der Waals surface area contributed by atoms with E-state index in [1.165, 1.54) is 6.92 Å². The second-order valence-corrected chi connectivity index (χ2v) is 3.73. The van der Waals surface area contributed by atoms with Crippen molar-refractivity contribution in [2.24, 2.45) is 11.8 Å². The van der Waals surface area contributed by atoms with Gasteiger partial charge in [0.1, 0.15) is 0 Å². The van der Waals surface area contributed by atoms with Crippen molar-refractivity contribution in [3.8, 4) is 12.3 Å². The molecule has 0 saturated carbocycles. The molecule has 0 rings (SSSR count). The first-order chi connectivity index (χ1) is 6.90. The fourth-order valence-electron chi connectivity index (χ4n) is 1.04. The number of carboxylic acid groups (broad SMARTS) is 1. The number of rotatable bonds is 5. The number of nitrogens with one attached hydrogen (secondary N) is 1. The maximum Gasteiger partial charge on any atom is 0.307 e. The number of carboxylic acids is 1. The van der Waals surface area contributed by atoms with Crippen LogP contribution in [0.1, 0.15) is 27.2 Å². The number of hydrogen-bond acceptors (Lipinski definition) is 2. The van der Waals surface area contributed by atoms with Crippen molar-refractivity contribution in [1.82, 2.24) is 5.32 Å². The lowest BCUT2D eigenvalue weighted by molar-refractivity contribution is -0.146. The Morgan fingerprint density at radius 1 is 1.33 bits per heavy atom. The maximum atomic E-state index is 11.5. The molecule has 15 heavy (non-hydrogen) atoms. The van der Waals surface area contributed by atoms with Crippen LogP contribution in [-0.4, -0.2) is 23.0 Å². The fraction of sp³-hybridized carbons (Fsp3) is 0.636. The van der Waals surface area contributed by atoms with E-state index in [1.807, 2.05) is 0 Å². The lowest BCUT2D eigenvalue weighted by atomic mass is 9.95. The Hall–Kier alpha value is -1.50. The molecular weight excluding hydrogens is 194 g/mol. The molecule has 3 unspecified atom stereocenters. The molecule has 0 bridgehead atoms. The molecule has 0 heterocycles. The zero-order chi connectivity index (χ0) is 12.0. The Balaban J connectivity index is 4.22. The third-order valence-electron chi connectivity index (χ3n) is 2.37. The van der Waals surface area contributed by atoms with Crippen molar-refractivity contribution >= 4 is 11.9 Å². The van der Waals surface area contributed by atoms with Gasteiger partial charge in [-0.2, -0.15) is 0 Å². The maximum absolute atomic E-state index is 11.5. The van der Waals surface area contributed by atoms with Crippen LogP contribution in [-0.2, 0) is 9.59 Å². The normalized spacial score (nSPS) is 15.9. The Morgan fingerprint density at radius 2 is 1.87 bits per heavy atom. The van der Waals surface area contributed by atoms with E-state index in [0.717, 1.165) is 0 Å². The van der Waals surface area contributed by atoms with E-state index in [9.17, 15) is 9.59 Å². The molecule has 4 nitrogen and oxygen atoms in total. The zero-order valence-electron chi connectivity index (χ0n) is 9.28. The van der Waals surface area contributed by atoms with Gasteiger partial charge in [-0.1, -0.05) is 13.8 Å². The van der Waals surface area contributed by atoms with Crippen LogP contribution in [0.25, 0.3) is 0 Å². The number of hydrogen-bond donors (Lipinski definition) is 2. The molecule has 3 atom stereocenters. The Labute approximate surface area is 90.1 Å². The number of carbonyl (C=O) groups is 2. The Morgan fingerprint density at radius 3 is 2.27 bits per heavy atom. The van der Waals surface area contributed by atoms with Crippen LogP contribution in [0.15, 0.2) is 0 Å². The van der Waals surface area contributed by atoms with Crippen molar-refractivity contribution in [3.63, 3.8) is 0 Å². The molecule has 0 aliphatic heterocycles. The van der Waals surface area contributed by atoms with Gasteiger partial charge in [-0.05, 0) is 6.92 Å². The molecule has 0 aliphatic rings. The van der Waals surface area contributed by atoms with Gasteiger partial charge in [-0.15, -0.1) is 12.3 Å². The molecule has 0 fully saturated rings. The highest BCUT2D eigenvalue weighted by molar-refractivity contribution is 5.84. The molecule has 2 N–H and O–H groups in total. The number of amides is 1. The van der Waals surface area contributed by atoms with E-state index >= 15 is 0 Å². The summed E-state index contributed by atoms with van der Waals surface area (Å²) in [6.07, 6.45) is 5.54. The van der Waals surface area contributed by atoms with Crippen molar-refractivity contribution in [1.29, 1.82) is 0 Å². The molecule has 0 spiro atoms. The van der Waals surface area contributed by atoms with Crippen molar-refractivity contribution < 1.29 is 14.7 Å². The van der Waals surface area contributed by atoms with Crippen LogP contribution >= 0.6 is 0 Å². The van der Waals surface area contributed by atoms with E-state index in [2.05, 4.69) is 11.2 Å². The van der Waals surface area contributed by atoms with Crippen LogP contribution in [0.2, 0.25) is 0 Å². The van der Waals surface area contributed by atoms with Gasteiger partial charge in [0.25, 0.3) is 0 Å². The van der Waals surface area contributed by atoms with E-state index in [0.29, 0.717) is 6.42 Å². The minimum atomic E-state index is -0.970. The fourth-order valence-corrected chi connectivity index (χ4v) is 1.04. The standard InChI is InChI=1S/C11H17NO3/c1-5-6-7(2)12-10(13)8(3)9(4)11(14)15/h1,7-9H,6H2,2-4H3,(H,12,13)(H,14,15). The zero-order valence-corrected chi connectivity index (χ0v) is 9.28.